The minimum atomic E-state index is -1.04. The molecule has 0 saturated carbocycles. The van der Waals surface area contributed by atoms with Crippen molar-refractivity contribution in [3.8, 4) is 11.5 Å². The van der Waals surface area contributed by atoms with Gasteiger partial charge in [-0.3, -0.25) is 4.79 Å². The Hall–Kier alpha value is -2.31. The molecule has 0 saturated heterocycles. The summed E-state index contributed by atoms with van der Waals surface area (Å²) < 4.78 is 11.2. The van der Waals surface area contributed by atoms with E-state index in [0.29, 0.717) is 40.2 Å². The molecule has 7 heteroatoms. The van der Waals surface area contributed by atoms with Crippen LogP contribution in [0, 0.1) is 0 Å². The van der Waals surface area contributed by atoms with E-state index >= 15 is 0 Å². The van der Waals surface area contributed by atoms with Crippen LogP contribution in [-0.4, -0.2) is 30.1 Å². The van der Waals surface area contributed by atoms with Crippen LogP contribution in [-0.2, 0) is 0 Å². The number of rotatable bonds is 4. The number of ketones is 1. The van der Waals surface area contributed by atoms with Crippen molar-refractivity contribution in [2.24, 2.45) is 0 Å². The van der Waals surface area contributed by atoms with E-state index in [2.05, 4.69) is 0 Å². The van der Waals surface area contributed by atoms with E-state index in [1.165, 1.54) is 18.2 Å². The standard InChI is InChI=1S/C17H13ClO5S/c18-11-8-10(9-13-16(11)23-7-1-6-22-13)2-3-12(19)14-4-5-15(24-14)17(20)21/h2-5,8-9H,1,6-7H2,(H,20,21)/b3-2+. The van der Waals surface area contributed by atoms with E-state index in [9.17, 15) is 9.59 Å². The molecule has 1 aromatic carbocycles. The lowest BCUT2D eigenvalue weighted by atomic mass is 10.1. The molecule has 5 nitrogen and oxygen atoms in total. The third-order valence-electron chi connectivity index (χ3n) is 3.31. The molecule has 0 spiro atoms. The first-order valence-corrected chi connectivity index (χ1v) is 8.39. The molecule has 0 amide bonds. The van der Waals surface area contributed by atoms with E-state index in [1.807, 2.05) is 0 Å². The van der Waals surface area contributed by atoms with Gasteiger partial charge in [0.1, 0.15) is 4.88 Å². The summed E-state index contributed by atoms with van der Waals surface area (Å²) in [5.41, 5.74) is 0.701. The molecular formula is C17H13ClO5S. The predicted octanol–water partition coefficient (Wildman–Crippen LogP) is 4.16. The number of carboxylic acids is 1. The molecule has 2 aromatic rings. The second-order valence-electron chi connectivity index (χ2n) is 5.05. The van der Waals surface area contributed by atoms with Crippen LogP contribution in [0.5, 0.6) is 11.5 Å². The van der Waals surface area contributed by atoms with Crippen molar-refractivity contribution < 1.29 is 24.2 Å². The molecule has 1 N–H and O–H groups in total. The van der Waals surface area contributed by atoms with Gasteiger partial charge in [0, 0.05) is 6.42 Å². The van der Waals surface area contributed by atoms with Gasteiger partial charge in [0.2, 0.25) is 0 Å². The van der Waals surface area contributed by atoms with Gasteiger partial charge < -0.3 is 14.6 Å². The number of carbonyl (C=O) groups is 2. The SMILES string of the molecule is O=C(O)c1ccc(C(=O)/C=C/c2cc(Cl)c3c(c2)OCCCO3)s1. The first-order chi connectivity index (χ1) is 11.5. The van der Waals surface area contributed by atoms with Crippen molar-refractivity contribution in [2.75, 3.05) is 13.2 Å². The summed E-state index contributed by atoms with van der Waals surface area (Å²) in [6, 6.07) is 6.36. The fourth-order valence-corrected chi connectivity index (χ4v) is 3.22. The highest BCUT2D eigenvalue weighted by molar-refractivity contribution is 7.16. The summed E-state index contributed by atoms with van der Waals surface area (Å²) in [7, 11) is 0. The largest absolute Gasteiger partial charge is 0.489 e. The zero-order valence-corrected chi connectivity index (χ0v) is 14.0. The van der Waals surface area contributed by atoms with E-state index in [0.717, 1.165) is 17.8 Å². The molecule has 2 heterocycles. The summed E-state index contributed by atoms with van der Waals surface area (Å²) in [5.74, 6) is -0.244. The highest BCUT2D eigenvalue weighted by atomic mass is 35.5. The van der Waals surface area contributed by atoms with Crippen molar-refractivity contribution in [1.29, 1.82) is 0 Å². The predicted molar refractivity (Wildman–Crippen MR) is 91.7 cm³/mol. The van der Waals surface area contributed by atoms with Gasteiger partial charge >= 0.3 is 5.97 Å². The van der Waals surface area contributed by atoms with Gasteiger partial charge in [0.05, 0.1) is 23.1 Å². The minimum Gasteiger partial charge on any atom is -0.489 e. The zero-order valence-electron chi connectivity index (χ0n) is 12.5. The van der Waals surface area contributed by atoms with Gasteiger partial charge in [-0.25, -0.2) is 4.79 Å². The molecule has 24 heavy (non-hydrogen) atoms. The first kappa shape index (κ1) is 16.5. The number of halogens is 1. The maximum Gasteiger partial charge on any atom is 0.345 e. The topological polar surface area (TPSA) is 72.8 Å². The number of aromatic carboxylic acids is 1. The number of carbonyl (C=O) groups excluding carboxylic acids is 1. The second kappa shape index (κ2) is 7.07. The molecular weight excluding hydrogens is 352 g/mol. The van der Waals surface area contributed by atoms with Gasteiger partial charge in [-0.1, -0.05) is 17.7 Å². The molecule has 1 aliphatic heterocycles. The van der Waals surface area contributed by atoms with E-state index in [4.69, 9.17) is 26.2 Å². The Labute approximate surface area is 147 Å². The van der Waals surface area contributed by atoms with Crippen LogP contribution in [0.3, 0.4) is 0 Å². The maximum atomic E-state index is 12.1. The fourth-order valence-electron chi connectivity index (χ4n) is 2.19. The zero-order chi connectivity index (χ0) is 17.1. The lowest BCUT2D eigenvalue weighted by Gasteiger charge is -2.09. The molecule has 3 rings (SSSR count). The van der Waals surface area contributed by atoms with Crippen LogP contribution in [0.4, 0.5) is 0 Å². The van der Waals surface area contributed by atoms with E-state index in [-0.39, 0.29) is 10.7 Å². The number of thiophene rings is 1. The van der Waals surface area contributed by atoms with Gasteiger partial charge in [-0.15, -0.1) is 11.3 Å². The van der Waals surface area contributed by atoms with Gasteiger partial charge in [-0.05, 0) is 35.9 Å². The summed E-state index contributed by atoms with van der Waals surface area (Å²) in [4.78, 5) is 23.5. The monoisotopic (exact) mass is 364 g/mol. The maximum absolute atomic E-state index is 12.1. The molecule has 1 aliphatic rings. The van der Waals surface area contributed by atoms with Crippen molar-refractivity contribution >= 4 is 40.8 Å². The summed E-state index contributed by atoms with van der Waals surface area (Å²) in [5, 5.41) is 9.32. The van der Waals surface area contributed by atoms with E-state index < -0.39 is 5.97 Å². The Morgan fingerprint density at radius 2 is 1.92 bits per heavy atom. The average molecular weight is 365 g/mol. The first-order valence-electron chi connectivity index (χ1n) is 7.19. The summed E-state index contributed by atoms with van der Waals surface area (Å²) in [6.45, 7) is 1.09. The summed E-state index contributed by atoms with van der Waals surface area (Å²) in [6.07, 6.45) is 3.77. The van der Waals surface area contributed by atoms with Crippen molar-refractivity contribution in [1.82, 2.24) is 0 Å². The lowest BCUT2D eigenvalue weighted by molar-refractivity contribution is 0.0702. The molecule has 0 fully saturated rings. The average Bonchev–Trinajstić information content (AvgIpc) is 2.93. The van der Waals surface area contributed by atoms with Gasteiger partial charge in [0.25, 0.3) is 0 Å². The number of benzene rings is 1. The quantitative estimate of drug-likeness (QED) is 0.651. The van der Waals surface area contributed by atoms with Crippen molar-refractivity contribution in [2.45, 2.75) is 6.42 Å². The fraction of sp³-hybridized carbons (Fsp3) is 0.176. The van der Waals surface area contributed by atoms with Crippen LogP contribution in [0.2, 0.25) is 5.02 Å². The molecule has 124 valence electrons. The number of carboxylic acid groups (broad SMARTS) is 1. The van der Waals surface area contributed by atoms with Crippen LogP contribution in [0.1, 0.15) is 31.3 Å². The van der Waals surface area contributed by atoms with Crippen molar-refractivity contribution in [3.05, 3.63) is 50.7 Å². The Bertz CT molecular complexity index is 824. The number of ether oxygens (including phenoxy) is 2. The molecule has 0 aliphatic carbocycles. The molecule has 0 radical (unpaired) electrons. The third-order valence-corrected chi connectivity index (χ3v) is 4.68. The van der Waals surface area contributed by atoms with Gasteiger partial charge in [-0.2, -0.15) is 0 Å². The number of fused-ring (bicyclic) bond motifs is 1. The van der Waals surface area contributed by atoms with Crippen LogP contribution >= 0.6 is 22.9 Å². The lowest BCUT2D eigenvalue weighted by Crippen LogP contribution is -1.97. The highest BCUT2D eigenvalue weighted by Gasteiger charge is 2.15. The Morgan fingerprint density at radius 3 is 2.67 bits per heavy atom. The molecule has 0 bridgehead atoms. The van der Waals surface area contributed by atoms with Crippen LogP contribution in [0.15, 0.2) is 30.3 Å². The minimum absolute atomic E-state index is 0.130. The third kappa shape index (κ3) is 3.60. The Morgan fingerprint density at radius 1 is 1.17 bits per heavy atom. The van der Waals surface area contributed by atoms with Crippen LogP contribution in [0.25, 0.3) is 6.08 Å². The molecule has 1 aromatic heterocycles. The van der Waals surface area contributed by atoms with Gasteiger partial charge in [0.15, 0.2) is 17.3 Å². The molecule has 0 atom stereocenters. The normalized spacial score (nSPS) is 13.7. The van der Waals surface area contributed by atoms with Crippen LogP contribution < -0.4 is 9.47 Å². The Kier molecular flexibility index (Phi) is 4.87. The summed E-state index contributed by atoms with van der Waals surface area (Å²) >= 11 is 7.15. The smallest absolute Gasteiger partial charge is 0.345 e. The van der Waals surface area contributed by atoms with Crippen molar-refractivity contribution in [3.63, 3.8) is 0 Å². The molecule has 0 unspecified atom stereocenters. The van der Waals surface area contributed by atoms with E-state index in [1.54, 1.807) is 18.2 Å². The highest BCUT2D eigenvalue weighted by Crippen LogP contribution is 2.38. The Balaban J connectivity index is 1.81. The number of hydrogen-bond acceptors (Lipinski definition) is 5. The number of hydrogen-bond donors (Lipinski definition) is 1. The second-order valence-corrected chi connectivity index (χ2v) is 6.54. The number of allylic oxidation sites excluding steroid dienone is 1.